The third-order valence-corrected chi connectivity index (χ3v) is 10.0. The molecule has 1 fully saturated rings. The second kappa shape index (κ2) is 15.0. The molecular weight excluding hydrogens is 647 g/mol. The predicted octanol–water partition coefficient (Wildman–Crippen LogP) is 7.11. The van der Waals surface area contributed by atoms with E-state index >= 15 is 0 Å². The van der Waals surface area contributed by atoms with Crippen LogP contribution in [0.1, 0.15) is 42.9 Å². The fraction of sp³-hybridized carbons (Fsp3) is 0.400. The van der Waals surface area contributed by atoms with Crippen LogP contribution >= 0.6 is 11.8 Å². The topological polar surface area (TPSA) is 107 Å². The summed E-state index contributed by atoms with van der Waals surface area (Å²) in [7, 11) is 1.57. The van der Waals surface area contributed by atoms with Gasteiger partial charge in [0.05, 0.1) is 24.2 Å². The zero-order valence-electron chi connectivity index (χ0n) is 26.7. The van der Waals surface area contributed by atoms with Crippen molar-refractivity contribution in [2.45, 2.75) is 61.1 Å². The number of fused-ring (bicyclic) bond motifs is 1. The molecule has 256 valence electrons. The summed E-state index contributed by atoms with van der Waals surface area (Å²) in [6.07, 6.45) is -1.78. The molecule has 1 atom stereocenters. The molecule has 0 saturated carbocycles. The van der Waals surface area contributed by atoms with Crippen LogP contribution < -0.4 is 4.74 Å². The number of nitrogens with zero attached hydrogens (tertiary/aromatic N) is 3. The molecule has 3 aromatic carbocycles. The van der Waals surface area contributed by atoms with E-state index in [9.17, 15) is 33.2 Å². The van der Waals surface area contributed by atoms with Crippen molar-refractivity contribution in [2.24, 2.45) is 0 Å². The minimum Gasteiger partial charge on any atom is -0.496 e. The SMILES string of the molecule is CCOC(=O)CCc1ccc(SC2CCN(CC(O)(c3cn(Cc4ccccc4)c4cc([N+](=O)[O-])ccc34)C(F)(F)F)CC2)c(OC)c1. The standard InChI is InChI=1S/C35H38F3N3O6S/c1-3-47-33(42)14-10-24-9-13-32(31(19-24)46-2)48-27-15-17-39(18-16-27)23-34(43,35(36,37)38)29-22-40(21-25-7-5-4-6-8-25)30-20-26(41(44)45)11-12-28(29)30/h4-9,11-13,19-20,22,27,43H,3,10,14-18,21,23H2,1-2H3. The number of non-ortho nitro benzene ring substituents is 1. The van der Waals surface area contributed by atoms with Gasteiger partial charge in [-0.15, -0.1) is 11.8 Å². The predicted molar refractivity (Wildman–Crippen MR) is 177 cm³/mol. The first-order valence-corrected chi connectivity index (χ1v) is 16.6. The normalized spacial score (nSPS) is 15.7. The van der Waals surface area contributed by atoms with Crippen molar-refractivity contribution >= 4 is 34.3 Å². The third-order valence-electron chi connectivity index (χ3n) is 8.62. The number of esters is 1. The van der Waals surface area contributed by atoms with Crippen molar-refractivity contribution in [1.29, 1.82) is 0 Å². The molecule has 48 heavy (non-hydrogen) atoms. The van der Waals surface area contributed by atoms with Crippen LogP contribution in [0.4, 0.5) is 18.9 Å². The van der Waals surface area contributed by atoms with Gasteiger partial charge in [0.25, 0.3) is 5.69 Å². The molecular formula is C35H38F3N3O6S. The van der Waals surface area contributed by atoms with Gasteiger partial charge in [0.2, 0.25) is 5.60 Å². The number of thioether (sulfide) groups is 1. The smallest absolute Gasteiger partial charge is 0.422 e. The van der Waals surface area contributed by atoms with Crippen molar-refractivity contribution in [3.8, 4) is 5.75 Å². The Morgan fingerprint density at radius 1 is 1.06 bits per heavy atom. The number of hydrogen-bond acceptors (Lipinski definition) is 8. The summed E-state index contributed by atoms with van der Waals surface area (Å²) >= 11 is 1.60. The molecule has 0 aliphatic carbocycles. The Balaban J connectivity index is 1.32. The van der Waals surface area contributed by atoms with E-state index in [2.05, 4.69) is 0 Å². The molecule has 1 aliphatic rings. The number of rotatable bonds is 13. The molecule has 0 bridgehead atoms. The summed E-state index contributed by atoms with van der Waals surface area (Å²) in [5.74, 6) is 0.406. The zero-order chi connectivity index (χ0) is 34.5. The molecule has 1 unspecified atom stereocenters. The lowest BCUT2D eigenvalue weighted by molar-refractivity contribution is -0.384. The van der Waals surface area contributed by atoms with Crippen molar-refractivity contribution in [1.82, 2.24) is 9.47 Å². The number of piperidine rings is 1. The molecule has 9 nitrogen and oxygen atoms in total. The number of β-amino-alcohol motifs (C(OH)–C–C–N with tert-alkyl or cyclic N) is 1. The fourth-order valence-electron chi connectivity index (χ4n) is 6.09. The number of aliphatic hydroxyl groups is 1. The van der Waals surface area contributed by atoms with Crippen molar-refractivity contribution in [3.05, 3.63) is 99.7 Å². The maximum absolute atomic E-state index is 14.9. The Morgan fingerprint density at radius 3 is 2.44 bits per heavy atom. The van der Waals surface area contributed by atoms with E-state index in [1.165, 1.54) is 29.0 Å². The highest BCUT2D eigenvalue weighted by Gasteiger charge is 2.57. The summed E-state index contributed by atoms with van der Waals surface area (Å²) in [6.45, 7) is 2.27. The summed E-state index contributed by atoms with van der Waals surface area (Å²) in [6, 6.07) is 18.5. The molecule has 0 spiro atoms. The molecule has 1 aliphatic heterocycles. The van der Waals surface area contributed by atoms with Gasteiger partial charge in [-0.05, 0) is 68.6 Å². The molecule has 0 radical (unpaired) electrons. The average Bonchev–Trinajstić information content (AvgIpc) is 3.43. The van der Waals surface area contributed by atoms with E-state index in [0.29, 0.717) is 44.7 Å². The lowest BCUT2D eigenvalue weighted by atomic mass is 9.91. The van der Waals surface area contributed by atoms with Crippen LogP contribution in [-0.4, -0.2) is 70.2 Å². The van der Waals surface area contributed by atoms with Crippen LogP contribution in [0.3, 0.4) is 0 Å². The molecule has 4 aromatic rings. The molecule has 13 heteroatoms. The van der Waals surface area contributed by atoms with E-state index in [0.717, 1.165) is 16.0 Å². The highest BCUT2D eigenvalue weighted by molar-refractivity contribution is 8.00. The average molecular weight is 686 g/mol. The number of aromatic nitrogens is 1. The largest absolute Gasteiger partial charge is 0.496 e. The van der Waals surface area contributed by atoms with Gasteiger partial charge in [0.15, 0.2) is 0 Å². The van der Waals surface area contributed by atoms with Gasteiger partial charge in [-0.3, -0.25) is 19.8 Å². The first kappa shape index (κ1) is 35.2. The number of aryl methyl sites for hydroxylation is 1. The lowest BCUT2D eigenvalue weighted by Crippen LogP contribution is -2.52. The maximum atomic E-state index is 14.9. The van der Waals surface area contributed by atoms with Crippen molar-refractivity contribution in [3.63, 3.8) is 0 Å². The van der Waals surface area contributed by atoms with Crippen LogP contribution in [0, 0.1) is 10.1 Å². The highest BCUT2D eigenvalue weighted by atomic mass is 32.2. The quantitative estimate of drug-likeness (QED) is 0.0902. The number of methoxy groups -OCH3 is 1. The number of halogens is 3. The lowest BCUT2D eigenvalue weighted by Gasteiger charge is -2.39. The molecule has 1 N–H and O–H groups in total. The van der Waals surface area contributed by atoms with Crippen LogP contribution in [0.2, 0.25) is 0 Å². The number of hydrogen-bond donors (Lipinski definition) is 1. The molecule has 0 amide bonds. The van der Waals surface area contributed by atoms with Crippen LogP contribution in [0.5, 0.6) is 5.75 Å². The second-order valence-electron chi connectivity index (χ2n) is 11.9. The van der Waals surface area contributed by atoms with Gasteiger partial charge in [-0.1, -0.05) is 36.4 Å². The first-order chi connectivity index (χ1) is 22.9. The molecule has 1 aromatic heterocycles. The Hall–Kier alpha value is -4.07. The van der Waals surface area contributed by atoms with Crippen LogP contribution in [0.25, 0.3) is 10.9 Å². The summed E-state index contributed by atoms with van der Waals surface area (Å²) in [5, 5.41) is 23.3. The van der Waals surface area contributed by atoms with Crippen LogP contribution in [0.15, 0.2) is 77.8 Å². The Labute approximate surface area is 280 Å². The van der Waals surface area contributed by atoms with Gasteiger partial charge >= 0.3 is 12.1 Å². The van der Waals surface area contributed by atoms with Gasteiger partial charge in [-0.25, -0.2) is 0 Å². The van der Waals surface area contributed by atoms with E-state index in [1.54, 1.807) is 42.8 Å². The fourth-order valence-corrected chi connectivity index (χ4v) is 7.31. The monoisotopic (exact) mass is 685 g/mol. The number of nitro benzene ring substituents is 1. The van der Waals surface area contributed by atoms with E-state index < -0.39 is 23.2 Å². The van der Waals surface area contributed by atoms with Crippen LogP contribution in [-0.2, 0) is 28.1 Å². The summed E-state index contributed by atoms with van der Waals surface area (Å²) < 4.78 is 56.8. The van der Waals surface area contributed by atoms with Gasteiger partial charge in [0.1, 0.15) is 5.75 Å². The minimum atomic E-state index is -5.02. The first-order valence-electron chi connectivity index (χ1n) is 15.7. The van der Waals surface area contributed by atoms with E-state index in [4.69, 9.17) is 9.47 Å². The Bertz CT molecular complexity index is 1740. The van der Waals surface area contributed by atoms with Crippen molar-refractivity contribution in [2.75, 3.05) is 33.4 Å². The Morgan fingerprint density at radius 2 is 1.79 bits per heavy atom. The number of alkyl halides is 3. The van der Waals surface area contributed by atoms with Gasteiger partial charge in [0, 0.05) is 58.9 Å². The number of ether oxygens (including phenoxy) is 2. The van der Waals surface area contributed by atoms with Gasteiger partial charge < -0.3 is 19.1 Å². The molecule has 5 rings (SSSR count). The molecule has 1 saturated heterocycles. The number of nitro groups is 1. The number of carbonyl (C=O) groups is 1. The van der Waals surface area contributed by atoms with E-state index in [1.807, 2.05) is 36.4 Å². The minimum absolute atomic E-state index is 0.111. The van der Waals surface area contributed by atoms with E-state index in [-0.39, 0.29) is 46.3 Å². The second-order valence-corrected chi connectivity index (χ2v) is 13.2. The third kappa shape index (κ3) is 7.96. The maximum Gasteiger partial charge on any atom is 0.422 e. The highest BCUT2D eigenvalue weighted by Crippen LogP contribution is 2.45. The van der Waals surface area contributed by atoms with Crippen molar-refractivity contribution < 1.29 is 37.5 Å². The number of carbonyl (C=O) groups excluding carboxylic acids is 1. The summed E-state index contributed by atoms with van der Waals surface area (Å²) in [4.78, 5) is 25.2. The Kier molecular flexibility index (Phi) is 11.0. The zero-order valence-corrected chi connectivity index (χ0v) is 27.6. The van der Waals surface area contributed by atoms with Gasteiger partial charge in [-0.2, -0.15) is 13.2 Å². The number of likely N-dealkylation sites (tertiary alicyclic amines) is 1. The molecule has 2 heterocycles. The number of benzene rings is 3. The summed E-state index contributed by atoms with van der Waals surface area (Å²) in [5.41, 5.74) is -1.83.